The average molecular weight is 308 g/mol. The first kappa shape index (κ1) is 14.5. The van der Waals surface area contributed by atoms with Crippen molar-refractivity contribution in [3.05, 3.63) is 77.4 Å². The standard InChI is InChI=1S/C14H8O4.C3H4N2/c15-9-5-1-3-7-11(9)14(18)12-8(13(7)17)4-2-6-10(12)16;1-2-5-3-4-1/h1-6,15-16H;1-3H,(H,4,5). The molecule has 1 aliphatic carbocycles. The lowest BCUT2D eigenvalue weighted by Crippen LogP contribution is -2.20. The van der Waals surface area contributed by atoms with Gasteiger partial charge < -0.3 is 15.2 Å². The molecule has 6 nitrogen and oxygen atoms in total. The maximum absolute atomic E-state index is 12.2. The van der Waals surface area contributed by atoms with Crippen LogP contribution in [0.5, 0.6) is 11.5 Å². The van der Waals surface area contributed by atoms with Gasteiger partial charge in [0.25, 0.3) is 0 Å². The van der Waals surface area contributed by atoms with Crippen LogP contribution in [0.1, 0.15) is 31.8 Å². The molecule has 2 aromatic carbocycles. The smallest absolute Gasteiger partial charge is 0.201 e. The zero-order valence-corrected chi connectivity index (χ0v) is 11.9. The van der Waals surface area contributed by atoms with E-state index in [-0.39, 0.29) is 39.5 Å². The first-order valence-corrected chi connectivity index (χ1v) is 6.77. The van der Waals surface area contributed by atoms with Crippen molar-refractivity contribution in [1.82, 2.24) is 9.97 Å². The average Bonchev–Trinajstić information content (AvgIpc) is 3.12. The first-order chi connectivity index (χ1) is 11.1. The van der Waals surface area contributed by atoms with E-state index in [4.69, 9.17) is 0 Å². The molecule has 0 atom stereocenters. The molecule has 0 spiro atoms. The minimum Gasteiger partial charge on any atom is -0.507 e. The second-order valence-electron chi connectivity index (χ2n) is 4.82. The van der Waals surface area contributed by atoms with Crippen LogP contribution in [0.2, 0.25) is 0 Å². The number of benzene rings is 2. The summed E-state index contributed by atoms with van der Waals surface area (Å²) in [6, 6.07) is 8.68. The van der Waals surface area contributed by atoms with Gasteiger partial charge in [-0.3, -0.25) is 9.59 Å². The summed E-state index contributed by atoms with van der Waals surface area (Å²) in [5, 5.41) is 19.4. The van der Waals surface area contributed by atoms with Crippen LogP contribution in [-0.2, 0) is 0 Å². The Morgan fingerprint density at radius 2 is 1.39 bits per heavy atom. The number of nitrogens with one attached hydrogen (secondary N) is 1. The number of rotatable bonds is 0. The number of carbonyl (C=O) groups excluding carboxylic acids is 2. The van der Waals surface area contributed by atoms with Gasteiger partial charge in [0.2, 0.25) is 5.78 Å². The van der Waals surface area contributed by atoms with Gasteiger partial charge in [0.15, 0.2) is 5.78 Å². The molecular weight excluding hydrogens is 296 g/mol. The maximum atomic E-state index is 12.2. The highest BCUT2D eigenvalue weighted by Gasteiger charge is 2.33. The topological polar surface area (TPSA) is 103 Å². The van der Waals surface area contributed by atoms with Crippen molar-refractivity contribution >= 4 is 11.6 Å². The number of hydrogen-bond acceptors (Lipinski definition) is 5. The third-order valence-electron chi connectivity index (χ3n) is 3.43. The summed E-state index contributed by atoms with van der Waals surface area (Å²) in [6.45, 7) is 0. The molecule has 0 aliphatic heterocycles. The lowest BCUT2D eigenvalue weighted by atomic mass is 9.83. The van der Waals surface area contributed by atoms with Crippen LogP contribution in [0.3, 0.4) is 0 Å². The van der Waals surface area contributed by atoms with Crippen LogP contribution in [0.25, 0.3) is 0 Å². The van der Waals surface area contributed by atoms with E-state index in [1.54, 1.807) is 18.7 Å². The SMILES string of the molecule is O=C1c2cccc(O)c2C(=O)c2c(O)cccc21.c1c[nH]cn1. The number of ketones is 2. The number of fused-ring (bicyclic) bond motifs is 2. The molecule has 0 bridgehead atoms. The van der Waals surface area contributed by atoms with Gasteiger partial charge in [0, 0.05) is 23.5 Å². The molecule has 3 aromatic rings. The van der Waals surface area contributed by atoms with Gasteiger partial charge in [-0.1, -0.05) is 24.3 Å². The molecule has 114 valence electrons. The second kappa shape index (κ2) is 5.76. The van der Waals surface area contributed by atoms with Crippen LogP contribution < -0.4 is 0 Å². The van der Waals surface area contributed by atoms with E-state index < -0.39 is 5.78 Å². The van der Waals surface area contributed by atoms with Crippen molar-refractivity contribution in [1.29, 1.82) is 0 Å². The molecule has 1 aromatic heterocycles. The van der Waals surface area contributed by atoms with Crippen LogP contribution in [0.15, 0.2) is 55.1 Å². The molecule has 0 unspecified atom stereocenters. The monoisotopic (exact) mass is 308 g/mol. The van der Waals surface area contributed by atoms with Crippen LogP contribution in [-0.4, -0.2) is 31.7 Å². The molecule has 3 N–H and O–H groups in total. The first-order valence-electron chi connectivity index (χ1n) is 6.77. The highest BCUT2D eigenvalue weighted by Crippen LogP contribution is 2.35. The number of phenols is 2. The summed E-state index contributed by atoms with van der Waals surface area (Å²) in [6.07, 6.45) is 5.08. The second-order valence-corrected chi connectivity index (χ2v) is 4.82. The van der Waals surface area contributed by atoms with Crippen molar-refractivity contribution < 1.29 is 19.8 Å². The summed E-state index contributed by atoms with van der Waals surface area (Å²) < 4.78 is 0. The summed E-state index contributed by atoms with van der Waals surface area (Å²) >= 11 is 0. The van der Waals surface area contributed by atoms with Crippen molar-refractivity contribution in [3.63, 3.8) is 0 Å². The highest BCUT2D eigenvalue weighted by molar-refractivity contribution is 6.30. The van der Waals surface area contributed by atoms with Gasteiger partial charge in [0.1, 0.15) is 11.5 Å². The Hall–Kier alpha value is -3.41. The Balaban J connectivity index is 0.000000267. The summed E-state index contributed by atoms with van der Waals surface area (Å²) in [5.74, 6) is -1.40. The molecule has 23 heavy (non-hydrogen) atoms. The minimum atomic E-state index is -0.532. The zero-order valence-electron chi connectivity index (χ0n) is 11.9. The van der Waals surface area contributed by atoms with E-state index in [2.05, 4.69) is 9.97 Å². The summed E-state index contributed by atoms with van der Waals surface area (Å²) in [5.41, 5.74) is 0.240. The molecule has 0 fully saturated rings. The van der Waals surface area contributed by atoms with Crippen LogP contribution in [0, 0.1) is 0 Å². The third kappa shape index (κ3) is 2.46. The molecule has 0 saturated carbocycles. The molecule has 0 radical (unpaired) electrons. The van der Waals surface area contributed by atoms with E-state index in [0.717, 1.165) is 0 Å². The quantitative estimate of drug-likeness (QED) is 0.462. The molecule has 0 amide bonds. The van der Waals surface area contributed by atoms with Gasteiger partial charge >= 0.3 is 0 Å². The Bertz CT molecular complexity index is 811. The van der Waals surface area contributed by atoms with Gasteiger partial charge in [-0.25, -0.2) is 4.98 Å². The Kier molecular flexibility index (Phi) is 3.64. The maximum Gasteiger partial charge on any atom is 0.201 e. The van der Waals surface area contributed by atoms with E-state index in [0.29, 0.717) is 0 Å². The van der Waals surface area contributed by atoms with Crippen molar-refractivity contribution in [2.24, 2.45) is 0 Å². The number of aromatic amines is 1. The van der Waals surface area contributed by atoms with Crippen molar-refractivity contribution in [2.45, 2.75) is 0 Å². The fraction of sp³-hybridized carbons (Fsp3) is 0. The molecule has 0 saturated heterocycles. The van der Waals surface area contributed by atoms with E-state index in [1.165, 1.54) is 36.4 Å². The highest BCUT2D eigenvalue weighted by atomic mass is 16.3. The minimum absolute atomic E-state index is 0.0449. The van der Waals surface area contributed by atoms with Gasteiger partial charge in [0.05, 0.1) is 17.5 Å². The van der Waals surface area contributed by atoms with Gasteiger partial charge in [-0.05, 0) is 12.1 Å². The molecular formula is C17H12N2O4. The van der Waals surface area contributed by atoms with Gasteiger partial charge in [-0.15, -0.1) is 0 Å². The normalized spacial score (nSPS) is 12.0. The Morgan fingerprint density at radius 3 is 1.78 bits per heavy atom. The third-order valence-corrected chi connectivity index (χ3v) is 3.43. The number of nitrogens with zero attached hydrogens (tertiary/aromatic N) is 1. The molecule has 4 rings (SSSR count). The van der Waals surface area contributed by atoms with Crippen molar-refractivity contribution in [2.75, 3.05) is 0 Å². The zero-order chi connectivity index (χ0) is 16.4. The lowest BCUT2D eigenvalue weighted by molar-refractivity contribution is 0.0974. The fourth-order valence-electron chi connectivity index (χ4n) is 2.42. The number of phenolic OH excluding ortho intramolecular Hbond substituents is 2. The van der Waals surface area contributed by atoms with E-state index in [9.17, 15) is 19.8 Å². The fourth-order valence-corrected chi connectivity index (χ4v) is 2.42. The van der Waals surface area contributed by atoms with Crippen molar-refractivity contribution in [3.8, 4) is 11.5 Å². The Labute approximate surface area is 131 Å². The molecule has 1 heterocycles. The Morgan fingerprint density at radius 1 is 0.826 bits per heavy atom. The number of imidazole rings is 1. The van der Waals surface area contributed by atoms with Crippen LogP contribution >= 0.6 is 0 Å². The summed E-state index contributed by atoms with van der Waals surface area (Å²) in [4.78, 5) is 30.8. The van der Waals surface area contributed by atoms with E-state index >= 15 is 0 Å². The number of carbonyl (C=O) groups is 2. The van der Waals surface area contributed by atoms with Crippen LogP contribution in [0.4, 0.5) is 0 Å². The van der Waals surface area contributed by atoms with Gasteiger partial charge in [-0.2, -0.15) is 0 Å². The molecule has 6 heteroatoms. The lowest BCUT2D eigenvalue weighted by Gasteiger charge is -2.18. The largest absolute Gasteiger partial charge is 0.507 e. The molecule has 1 aliphatic rings. The number of aromatic nitrogens is 2. The number of aromatic hydroxyl groups is 2. The predicted molar refractivity (Wildman–Crippen MR) is 81.7 cm³/mol. The summed E-state index contributed by atoms with van der Waals surface area (Å²) in [7, 11) is 0. The number of hydrogen-bond donors (Lipinski definition) is 3. The van der Waals surface area contributed by atoms with E-state index in [1.807, 2.05) is 0 Å². The number of H-pyrrole nitrogens is 1. The predicted octanol–water partition coefficient (Wildman–Crippen LogP) is 2.28.